The van der Waals surface area contributed by atoms with E-state index in [0.717, 1.165) is 18.0 Å². The highest BCUT2D eigenvalue weighted by molar-refractivity contribution is 7.09. The number of ether oxygens (including phenoxy) is 1. The average molecular weight is 241 g/mol. The molecule has 0 aromatic carbocycles. The van der Waals surface area contributed by atoms with Gasteiger partial charge in [0.25, 0.3) is 0 Å². The summed E-state index contributed by atoms with van der Waals surface area (Å²) in [7, 11) is 0. The van der Waals surface area contributed by atoms with Crippen LogP contribution in [0.4, 0.5) is 0 Å². The van der Waals surface area contributed by atoms with E-state index in [1.165, 1.54) is 11.3 Å². The van der Waals surface area contributed by atoms with Gasteiger partial charge in [-0.25, -0.2) is 0 Å². The van der Waals surface area contributed by atoms with Crippen molar-refractivity contribution in [2.75, 3.05) is 19.7 Å². The predicted octanol–water partition coefficient (Wildman–Crippen LogP) is 0.138. The fourth-order valence-corrected chi connectivity index (χ4v) is 1.92. The number of hydrogen-bond donors (Lipinski definition) is 2. The molecule has 0 saturated carbocycles. The van der Waals surface area contributed by atoms with Crippen molar-refractivity contribution in [1.82, 2.24) is 15.6 Å². The Kier molecular flexibility index (Phi) is 3.52. The van der Waals surface area contributed by atoms with Crippen LogP contribution in [0.5, 0.6) is 0 Å². The summed E-state index contributed by atoms with van der Waals surface area (Å²) >= 11 is 1.53. The lowest BCUT2D eigenvalue weighted by molar-refractivity contribution is -0.135. The Morgan fingerprint density at radius 1 is 1.75 bits per heavy atom. The number of thiazole rings is 1. The van der Waals surface area contributed by atoms with Crippen molar-refractivity contribution >= 4 is 17.2 Å². The lowest BCUT2D eigenvalue weighted by atomic mass is 10.0. The van der Waals surface area contributed by atoms with Gasteiger partial charge in [-0.15, -0.1) is 11.3 Å². The van der Waals surface area contributed by atoms with Crippen molar-refractivity contribution in [2.24, 2.45) is 0 Å². The predicted molar refractivity (Wildman–Crippen MR) is 61.2 cm³/mol. The van der Waals surface area contributed by atoms with E-state index in [-0.39, 0.29) is 18.1 Å². The van der Waals surface area contributed by atoms with Crippen LogP contribution in [0.3, 0.4) is 0 Å². The van der Waals surface area contributed by atoms with Crippen LogP contribution >= 0.6 is 11.3 Å². The summed E-state index contributed by atoms with van der Waals surface area (Å²) in [5, 5.41) is 5.91. The van der Waals surface area contributed by atoms with Crippen LogP contribution in [-0.4, -0.2) is 36.2 Å². The molecule has 88 valence electrons. The molecule has 1 amide bonds. The molecule has 6 heteroatoms. The van der Waals surface area contributed by atoms with Gasteiger partial charge in [0.05, 0.1) is 17.7 Å². The van der Waals surface area contributed by atoms with E-state index in [0.29, 0.717) is 6.54 Å². The highest BCUT2D eigenvalue weighted by Crippen LogP contribution is 2.14. The first-order valence-electron chi connectivity index (χ1n) is 5.17. The molecule has 1 aliphatic heterocycles. The third kappa shape index (κ3) is 3.01. The first-order chi connectivity index (χ1) is 7.68. The number of carbonyl (C=O) groups is 1. The highest BCUT2D eigenvalue weighted by Gasteiger charge is 2.32. The van der Waals surface area contributed by atoms with Gasteiger partial charge < -0.3 is 15.4 Å². The number of nitrogens with zero attached hydrogens (tertiary/aromatic N) is 1. The van der Waals surface area contributed by atoms with Gasteiger partial charge in [-0.3, -0.25) is 9.78 Å². The molecule has 1 fully saturated rings. The lowest BCUT2D eigenvalue weighted by Crippen LogP contribution is -2.59. The lowest BCUT2D eigenvalue weighted by Gasteiger charge is -2.38. The zero-order valence-electron chi connectivity index (χ0n) is 9.16. The Labute approximate surface area is 98.2 Å². The fraction of sp³-hybridized carbons (Fsp3) is 0.600. The molecule has 2 rings (SSSR count). The van der Waals surface area contributed by atoms with Crippen molar-refractivity contribution < 1.29 is 9.53 Å². The molecule has 0 atom stereocenters. The van der Waals surface area contributed by atoms with E-state index in [4.69, 9.17) is 4.74 Å². The molecular weight excluding hydrogens is 226 g/mol. The van der Waals surface area contributed by atoms with Crippen LogP contribution in [0.2, 0.25) is 0 Å². The minimum Gasteiger partial charge on any atom is -0.363 e. The van der Waals surface area contributed by atoms with Crippen LogP contribution in [0.25, 0.3) is 0 Å². The molecule has 1 aliphatic rings. The van der Waals surface area contributed by atoms with Crippen LogP contribution in [0.1, 0.15) is 11.8 Å². The maximum Gasteiger partial charge on any atom is 0.246 e. The summed E-state index contributed by atoms with van der Waals surface area (Å²) in [5.41, 5.74) is 1.58. The summed E-state index contributed by atoms with van der Waals surface area (Å²) in [6, 6.07) is 0. The molecule has 2 heterocycles. The molecule has 16 heavy (non-hydrogen) atoms. The van der Waals surface area contributed by atoms with Gasteiger partial charge in [0.1, 0.15) is 6.61 Å². The molecule has 1 aromatic rings. The van der Waals surface area contributed by atoms with Crippen LogP contribution in [0.15, 0.2) is 11.7 Å². The van der Waals surface area contributed by atoms with Gasteiger partial charge in [0.2, 0.25) is 5.91 Å². The molecule has 0 radical (unpaired) electrons. The molecule has 0 aliphatic carbocycles. The van der Waals surface area contributed by atoms with Gasteiger partial charge in [0.15, 0.2) is 0 Å². The molecule has 0 unspecified atom stereocenters. The van der Waals surface area contributed by atoms with Gasteiger partial charge in [-0.2, -0.15) is 0 Å². The van der Waals surface area contributed by atoms with Crippen LogP contribution in [-0.2, 0) is 16.1 Å². The van der Waals surface area contributed by atoms with Gasteiger partial charge in [0, 0.05) is 24.2 Å². The number of hydrogen-bond acceptors (Lipinski definition) is 5. The standard InChI is InChI=1S/C10H15N3O2S/c1-10(5-12-6-10)15-4-9(14)13-3-8-2-11-7-16-8/h2,7,12H,3-6H2,1H3,(H,13,14). The van der Waals surface area contributed by atoms with Gasteiger partial charge in [-0.1, -0.05) is 0 Å². The second kappa shape index (κ2) is 4.90. The normalized spacial score (nSPS) is 17.8. The van der Waals surface area contributed by atoms with Crippen molar-refractivity contribution in [3.05, 3.63) is 16.6 Å². The summed E-state index contributed by atoms with van der Waals surface area (Å²) < 4.78 is 5.51. The van der Waals surface area contributed by atoms with Crippen LogP contribution < -0.4 is 10.6 Å². The van der Waals surface area contributed by atoms with Gasteiger partial charge >= 0.3 is 0 Å². The second-order valence-electron chi connectivity index (χ2n) is 4.09. The molecule has 2 N–H and O–H groups in total. The van der Waals surface area contributed by atoms with E-state index in [9.17, 15) is 4.79 Å². The SMILES string of the molecule is CC1(OCC(=O)NCc2cncs2)CNC1. The van der Waals surface area contributed by atoms with Gasteiger partial charge in [-0.05, 0) is 6.92 Å². The van der Waals surface area contributed by atoms with E-state index in [1.54, 1.807) is 11.7 Å². The van der Waals surface area contributed by atoms with E-state index < -0.39 is 0 Å². The zero-order valence-corrected chi connectivity index (χ0v) is 9.97. The monoisotopic (exact) mass is 241 g/mol. The maximum atomic E-state index is 11.5. The summed E-state index contributed by atoms with van der Waals surface area (Å²) in [6.07, 6.45) is 1.75. The number of aromatic nitrogens is 1. The van der Waals surface area contributed by atoms with Crippen molar-refractivity contribution in [3.8, 4) is 0 Å². The molecule has 0 bridgehead atoms. The summed E-state index contributed by atoms with van der Waals surface area (Å²) in [5.74, 6) is -0.0819. The highest BCUT2D eigenvalue weighted by atomic mass is 32.1. The molecular formula is C10H15N3O2S. The third-order valence-electron chi connectivity index (χ3n) is 2.49. The Morgan fingerprint density at radius 3 is 3.12 bits per heavy atom. The Bertz CT molecular complexity index is 349. The second-order valence-corrected chi connectivity index (χ2v) is 5.06. The first-order valence-corrected chi connectivity index (χ1v) is 6.05. The minimum atomic E-state index is -0.165. The zero-order chi connectivity index (χ0) is 11.4. The van der Waals surface area contributed by atoms with Crippen molar-refractivity contribution in [2.45, 2.75) is 19.1 Å². The van der Waals surface area contributed by atoms with E-state index in [1.807, 2.05) is 6.92 Å². The van der Waals surface area contributed by atoms with E-state index >= 15 is 0 Å². The van der Waals surface area contributed by atoms with E-state index in [2.05, 4.69) is 15.6 Å². The fourth-order valence-electron chi connectivity index (χ4n) is 1.39. The Hall–Kier alpha value is -0.980. The minimum absolute atomic E-state index is 0.0819. The smallest absolute Gasteiger partial charge is 0.246 e. The Balaban J connectivity index is 1.65. The topological polar surface area (TPSA) is 63.2 Å². The molecule has 0 spiro atoms. The van der Waals surface area contributed by atoms with Crippen molar-refractivity contribution in [1.29, 1.82) is 0 Å². The maximum absolute atomic E-state index is 11.5. The number of amides is 1. The largest absolute Gasteiger partial charge is 0.363 e. The molecule has 1 aromatic heterocycles. The number of carbonyl (C=O) groups excluding carboxylic acids is 1. The average Bonchev–Trinajstić information content (AvgIpc) is 2.73. The summed E-state index contributed by atoms with van der Waals surface area (Å²) in [6.45, 7) is 4.28. The number of rotatable bonds is 5. The molecule has 5 nitrogen and oxygen atoms in total. The third-order valence-corrected chi connectivity index (χ3v) is 3.27. The summed E-state index contributed by atoms with van der Waals surface area (Å²) in [4.78, 5) is 16.4. The Morgan fingerprint density at radius 2 is 2.56 bits per heavy atom. The first kappa shape index (κ1) is 11.5. The van der Waals surface area contributed by atoms with Crippen LogP contribution in [0, 0.1) is 0 Å². The quantitative estimate of drug-likeness (QED) is 0.769. The van der Waals surface area contributed by atoms with Crippen molar-refractivity contribution in [3.63, 3.8) is 0 Å². The molecule has 1 saturated heterocycles. The number of nitrogens with one attached hydrogen (secondary N) is 2.